The topological polar surface area (TPSA) is 38.3 Å². The minimum atomic E-state index is -0.226. The van der Waals surface area contributed by atoms with Gasteiger partial charge in [-0.05, 0) is 25.1 Å². The second-order valence-electron chi connectivity index (χ2n) is 3.12. The van der Waals surface area contributed by atoms with Gasteiger partial charge in [-0.1, -0.05) is 24.3 Å². The molecule has 0 heterocycles. The molecule has 0 radical (unpaired) electrons. The Labute approximate surface area is 84.1 Å². The van der Waals surface area contributed by atoms with Gasteiger partial charge in [0.2, 0.25) is 0 Å². The van der Waals surface area contributed by atoms with Gasteiger partial charge in [-0.25, -0.2) is 0 Å². The normalized spacial score (nSPS) is 9.86. The molecule has 76 valence electrons. The van der Waals surface area contributed by atoms with E-state index in [4.69, 9.17) is 4.74 Å². The summed E-state index contributed by atoms with van der Waals surface area (Å²) in [5.41, 5.74) is 2.20. The first-order valence-corrected chi connectivity index (χ1v) is 4.58. The van der Waals surface area contributed by atoms with E-state index >= 15 is 0 Å². The van der Waals surface area contributed by atoms with Crippen LogP contribution in [0.2, 0.25) is 0 Å². The van der Waals surface area contributed by atoms with E-state index < -0.39 is 0 Å². The lowest BCUT2D eigenvalue weighted by molar-refractivity contribution is -0.143. The second-order valence-corrected chi connectivity index (χ2v) is 3.12. The Hall–Kier alpha value is -1.35. The van der Waals surface area contributed by atoms with Crippen molar-refractivity contribution in [3.63, 3.8) is 0 Å². The number of carbonyl (C=O) groups excluding carboxylic acids is 1. The van der Waals surface area contributed by atoms with E-state index in [2.05, 4.69) is 5.32 Å². The number of carbonyl (C=O) groups is 1. The fraction of sp³-hybridized carbons (Fsp3) is 0.364. The fourth-order valence-corrected chi connectivity index (χ4v) is 1.13. The smallest absolute Gasteiger partial charge is 0.320 e. The number of esters is 1. The lowest BCUT2D eigenvalue weighted by Gasteiger charge is -2.06. The van der Waals surface area contributed by atoms with Gasteiger partial charge >= 0.3 is 5.97 Å². The Morgan fingerprint density at radius 3 is 2.79 bits per heavy atom. The zero-order valence-electron chi connectivity index (χ0n) is 8.54. The molecule has 1 N–H and O–H groups in total. The van der Waals surface area contributed by atoms with Crippen LogP contribution in [0.4, 0.5) is 0 Å². The Bertz CT molecular complexity index is 310. The standard InChI is InChI=1S/C11H15NO2/c1-9-5-3-4-6-10(9)8-14-11(13)7-12-2/h3-6,12H,7-8H2,1-2H3. The summed E-state index contributed by atoms with van der Waals surface area (Å²) in [6.07, 6.45) is 0. The summed E-state index contributed by atoms with van der Waals surface area (Å²) < 4.78 is 5.05. The number of rotatable bonds is 4. The van der Waals surface area contributed by atoms with Crippen molar-refractivity contribution < 1.29 is 9.53 Å². The van der Waals surface area contributed by atoms with Crippen LogP contribution in [0.3, 0.4) is 0 Å². The first-order chi connectivity index (χ1) is 6.74. The molecule has 0 aliphatic carbocycles. The number of hydrogen-bond donors (Lipinski definition) is 1. The number of benzene rings is 1. The highest BCUT2D eigenvalue weighted by Gasteiger charge is 2.02. The molecule has 0 aliphatic rings. The minimum absolute atomic E-state index is 0.226. The summed E-state index contributed by atoms with van der Waals surface area (Å²) in [5.74, 6) is -0.226. The van der Waals surface area contributed by atoms with Gasteiger partial charge in [0.1, 0.15) is 6.61 Å². The van der Waals surface area contributed by atoms with Gasteiger partial charge in [-0.3, -0.25) is 4.79 Å². The molecule has 0 spiro atoms. The molecule has 0 atom stereocenters. The molecule has 1 rings (SSSR count). The highest BCUT2D eigenvalue weighted by atomic mass is 16.5. The molecule has 0 amide bonds. The first kappa shape index (κ1) is 10.7. The van der Waals surface area contributed by atoms with E-state index in [0.717, 1.165) is 11.1 Å². The molecule has 0 saturated carbocycles. The average Bonchev–Trinajstić information content (AvgIpc) is 2.17. The summed E-state index contributed by atoms with van der Waals surface area (Å²) in [6, 6.07) is 7.87. The molecule has 0 unspecified atom stereocenters. The van der Waals surface area contributed by atoms with E-state index in [1.54, 1.807) is 7.05 Å². The van der Waals surface area contributed by atoms with E-state index in [9.17, 15) is 4.79 Å². The van der Waals surface area contributed by atoms with Crippen LogP contribution < -0.4 is 5.32 Å². The Morgan fingerprint density at radius 2 is 2.14 bits per heavy atom. The fourth-order valence-electron chi connectivity index (χ4n) is 1.13. The van der Waals surface area contributed by atoms with Crippen LogP contribution >= 0.6 is 0 Å². The summed E-state index contributed by atoms with van der Waals surface area (Å²) in [4.78, 5) is 11.0. The van der Waals surface area contributed by atoms with Crippen LogP contribution in [0, 0.1) is 6.92 Å². The maximum Gasteiger partial charge on any atom is 0.320 e. The Kier molecular flexibility index (Phi) is 4.13. The molecule has 1 aromatic carbocycles. The van der Waals surface area contributed by atoms with Crippen molar-refractivity contribution in [3.8, 4) is 0 Å². The van der Waals surface area contributed by atoms with E-state index in [-0.39, 0.29) is 12.5 Å². The van der Waals surface area contributed by atoms with Gasteiger partial charge in [0, 0.05) is 0 Å². The zero-order valence-corrected chi connectivity index (χ0v) is 8.54. The zero-order chi connectivity index (χ0) is 10.4. The van der Waals surface area contributed by atoms with Gasteiger partial charge in [-0.15, -0.1) is 0 Å². The maximum atomic E-state index is 11.0. The lowest BCUT2D eigenvalue weighted by atomic mass is 10.1. The van der Waals surface area contributed by atoms with Crippen molar-refractivity contribution in [2.45, 2.75) is 13.5 Å². The van der Waals surface area contributed by atoms with Gasteiger partial charge in [-0.2, -0.15) is 0 Å². The van der Waals surface area contributed by atoms with Crippen LogP contribution in [0.1, 0.15) is 11.1 Å². The van der Waals surface area contributed by atoms with Crippen molar-refractivity contribution in [2.24, 2.45) is 0 Å². The van der Waals surface area contributed by atoms with Crippen molar-refractivity contribution in [1.29, 1.82) is 0 Å². The number of aryl methyl sites for hydroxylation is 1. The van der Waals surface area contributed by atoms with E-state index in [0.29, 0.717) is 6.61 Å². The van der Waals surface area contributed by atoms with Crippen LogP contribution in [-0.2, 0) is 16.1 Å². The van der Waals surface area contributed by atoms with Gasteiger partial charge in [0.15, 0.2) is 0 Å². The van der Waals surface area contributed by atoms with Crippen LogP contribution in [0.5, 0.6) is 0 Å². The van der Waals surface area contributed by atoms with E-state index in [1.165, 1.54) is 0 Å². The number of likely N-dealkylation sites (N-methyl/N-ethyl adjacent to an activating group) is 1. The highest BCUT2D eigenvalue weighted by molar-refractivity contribution is 5.71. The van der Waals surface area contributed by atoms with Crippen molar-refractivity contribution in [3.05, 3.63) is 35.4 Å². The highest BCUT2D eigenvalue weighted by Crippen LogP contribution is 2.07. The largest absolute Gasteiger partial charge is 0.460 e. The van der Waals surface area contributed by atoms with Crippen molar-refractivity contribution >= 4 is 5.97 Å². The molecular formula is C11H15NO2. The van der Waals surface area contributed by atoms with Gasteiger partial charge < -0.3 is 10.1 Å². The molecular weight excluding hydrogens is 178 g/mol. The summed E-state index contributed by atoms with van der Waals surface area (Å²) in [5, 5.41) is 2.74. The van der Waals surface area contributed by atoms with E-state index in [1.807, 2.05) is 31.2 Å². The van der Waals surface area contributed by atoms with Crippen LogP contribution in [0.15, 0.2) is 24.3 Å². The molecule has 3 heteroatoms. The lowest BCUT2D eigenvalue weighted by Crippen LogP contribution is -2.20. The molecule has 0 bridgehead atoms. The summed E-state index contributed by atoms with van der Waals surface area (Å²) in [6.45, 7) is 2.61. The van der Waals surface area contributed by atoms with Crippen molar-refractivity contribution in [2.75, 3.05) is 13.6 Å². The Morgan fingerprint density at radius 1 is 1.43 bits per heavy atom. The predicted molar refractivity (Wildman–Crippen MR) is 54.9 cm³/mol. The third-order valence-electron chi connectivity index (χ3n) is 1.97. The average molecular weight is 193 g/mol. The third kappa shape index (κ3) is 3.18. The molecule has 3 nitrogen and oxygen atoms in total. The molecule has 0 saturated heterocycles. The van der Waals surface area contributed by atoms with Gasteiger partial charge in [0.25, 0.3) is 0 Å². The molecule has 0 aromatic heterocycles. The molecule has 1 aromatic rings. The number of nitrogens with one attached hydrogen (secondary N) is 1. The summed E-state index contributed by atoms with van der Waals surface area (Å²) in [7, 11) is 1.72. The molecule has 0 aliphatic heterocycles. The quantitative estimate of drug-likeness (QED) is 0.731. The van der Waals surface area contributed by atoms with Crippen LogP contribution in [0.25, 0.3) is 0 Å². The summed E-state index contributed by atoms with van der Waals surface area (Å²) >= 11 is 0. The first-order valence-electron chi connectivity index (χ1n) is 4.58. The molecule has 0 fully saturated rings. The second kappa shape index (κ2) is 5.40. The molecule has 14 heavy (non-hydrogen) atoms. The number of ether oxygens (including phenoxy) is 1. The Balaban J connectivity index is 2.46. The number of hydrogen-bond acceptors (Lipinski definition) is 3. The SMILES string of the molecule is CNCC(=O)OCc1ccccc1C. The van der Waals surface area contributed by atoms with Crippen LogP contribution in [-0.4, -0.2) is 19.6 Å². The minimum Gasteiger partial charge on any atom is -0.460 e. The van der Waals surface area contributed by atoms with Crippen molar-refractivity contribution in [1.82, 2.24) is 5.32 Å². The predicted octanol–water partition coefficient (Wildman–Crippen LogP) is 1.26. The third-order valence-corrected chi connectivity index (χ3v) is 1.97. The monoisotopic (exact) mass is 193 g/mol. The maximum absolute atomic E-state index is 11.0. The van der Waals surface area contributed by atoms with Gasteiger partial charge in [0.05, 0.1) is 6.54 Å².